The van der Waals surface area contributed by atoms with Gasteiger partial charge in [0.2, 0.25) is 0 Å². The molecule has 23 heavy (non-hydrogen) atoms. The highest BCUT2D eigenvalue weighted by molar-refractivity contribution is 5.90. The van der Waals surface area contributed by atoms with Crippen LogP contribution in [0.3, 0.4) is 0 Å². The Hall–Kier alpha value is -2.43. The van der Waals surface area contributed by atoms with E-state index < -0.39 is 0 Å². The summed E-state index contributed by atoms with van der Waals surface area (Å²) < 4.78 is 0. The maximum absolute atomic E-state index is 12.4. The van der Waals surface area contributed by atoms with Gasteiger partial charge < -0.3 is 10.2 Å². The van der Waals surface area contributed by atoms with Crippen LogP contribution in [0.5, 0.6) is 0 Å². The molecule has 1 atom stereocenters. The second-order valence-corrected chi connectivity index (χ2v) is 6.25. The number of benzene rings is 1. The molecule has 120 valence electrons. The fourth-order valence-electron chi connectivity index (χ4n) is 3.21. The molecule has 2 amide bonds. The SMILES string of the molecule is Cc1ccc(C2CCN(C(=O)Nc3ccnnc3C)C2)c(C)c1. The molecule has 1 aliphatic rings. The monoisotopic (exact) mass is 310 g/mol. The van der Waals surface area contributed by atoms with Crippen LogP contribution in [0.2, 0.25) is 0 Å². The zero-order valence-electron chi connectivity index (χ0n) is 13.8. The molecule has 1 aromatic heterocycles. The highest BCUT2D eigenvalue weighted by Gasteiger charge is 2.28. The van der Waals surface area contributed by atoms with Crippen LogP contribution in [-0.4, -0.2) is 34.2 Å². The van der Waals surface area contributed by atoms with Crippen molar-refractivity contribution in [3.63, 3.8) is 0 Å². The number of aryl methyl sites for hydroxylation is 3. The van der Waals surface area contributed by atoms with Crippen molar-refractivity contribution in [3.05, 3.63) is 52.8 Å². The van der Waals surface area contributed by atoms with E-state index in [9.17, 15) is 4.79 Å². The first kappa shape index (κ1) is 15.5. The summed E-state index contributed by atoms with van der Waals surface area (Å²) in [4.78, 5) is 14.3. The minimum atomic E-state index is -0.0617. The zero-order valence-corrected chi connectivity index (χ0v) is 13.8. The molecule has 1 unspecified atom stereocenters. The number of aromatic nitrogens is 2. The van der Waals surface area contributed by atoms with E-state index >= 15 is 0 Å². The van der Waals surface area contributed by atoms with Crippen LogP contribution in [0.15, 0.2) is 30.5 Å². The summed E-state index contributed by atoms with van der Waals surface area (Å²) >= 11 is 0. The molecule has 1 aliphatic heterocycles. The van der Waals surface area contributed by atoms with Crippen LogP contribution in [-0.2, 0) is 0 Å². The van der Waals surface area contributed by atoms with E-state index in [1.807, 2.05) is 11.8 Å². The van der Waals surface area contributed by atoms with Gasteiger partial charge in [-0.15, -0.1) is 0 Å². The van der Waals surface area contributed by atoms with Crippen LogP contribution < -0.4 is 5.32 Å². The Balaban J connectivity index is 1.67. The average Bonchev–Trinajstić information content (AvgIpc) is 2.99. The van der Waals surface area contributed by atoms with Crippen molar-refractivity contribution in [2.75, 3.05) is 18.4 Å². The van der Waals surface area contributed by atoms with E-state index in [2.05, 4.69) is 47.6 Å². The summed E-state index contributed by atoms with van der Waals surface area (Å²) in [5.41, 5.74) is 5.39. The van der Waals surface area contributed by atoms with Crippen molar-refractivity contribution in [2.45, 2.75) is 33.1 Å². The Bertz CT molecular complexity index is 729. The van der Waals surface area contributed by atoms with E-state index in [-0.39, 0.29) is 6.03 Å². The molecule has 0 spiro atoms. The van der Waals surface area contributed by atoms with Crippen LogP contribution in [0, 0.1) is 20.8 Å². The Labute approximate surface area is 136 Å². The van der Waals surface area contributed by atoms with Gasteiger partial charge in [0.25, 0.3) is 0 Å². The first-order valence-electron chi connectivity index (χ1n) is 7.96. The number of likely N-dealkylation sites (tertiary alicyclic amines) is 1. The summed E-state index contributed by atoms with van der Waals surface area (Å²) in [6.07, 6.45) is 2.59. The molecule has 0 aliphatic carbocycles. The number of hydrogen-bond acceptors (Lipinski definition) is 3. The summed E-state index contributed by atoms with van der Waals surface area (Å²) in [5, 5.41) is 10.7. The Morgan fingerprint density at radius 2 is 2.09 bits per heavy atom. The van der Waals surface area contributed by atoms with Crippen molar-refractivity contribution >= 4 is 11.7 Å². The average molecular weight is 310 g/mol. The van der Waals surface area contributed by atoms with Gasteiger partial charge in [0.15, 0.2) is 0 Å². The van der Waals surface area contributed by atoms with Crippen molar-refractivity contribution in [1.82, 2.24) is 15.1 Å². The topological polar surface area (TPSA) is 58.1 Å². The van der Waals surface area contributed by atoms with Gasteiger partial charge in [-0.3, -0.25) is 0 Å². The van der Waals surface area contributed by atoms with E-state index in [4.69, 9.17) is 0 Å². The summed E-state index contributed by atoms with van der Waals surface area (Å²) in [6, 6.07) is 8.28. The van der Waals surface area contributed by atoms with Crippen molar-refractivity contribution in [1.29, 1.82) is 0 Å². The molecule has 2 aromatic rings. The lowest BCUT2D eigenvalue weighted by molar-refractivity contribution is 0.222. The molecule has 2 heterocycles. The minimum Gasteiger partial charge on any atom is -0.324 e. The van der Waals surface area contributed by atoms with E-state index in [1.54, 1.807) is 12.3 Å². The predicted octanol–water partition coefficient (Wildman–Crippen LogP) is 3.42. The molecule has 1 N–H and O–H groups in total. The largest absolute Gasteiger partial charge is 0.324 e. The number of anilines is 1. The molecule has 3 rings (SSSR count). The molecule has 0 radical (unpaired) electrons. The van der Waals surface area contributed by atoms with Crippen LogP contribution >= 0.6 is 0 Å². The van der Waals surface area contributed by atoms with Gasteiger partial charge in [-0.05, 0) is 44.4 Å². The summed E-state index contributed by atoms with van der Waals surface area (Å²) in [6.45, 7) is 7.63. The van der Waals surface area contributed by atoms with Gasteiger partial charge in [-0.1, -0.05) is 23.8 Å². The number of hydrogen-bond donors (Lipinski definition) is 1. The van der Waals surface area contributed by atoms with E-state index in [1.165, 1.54) is 16.7 Å². The fraction of sp³-hybridized carbons (Fsp3) is 0.389. The zero-order chi connectivity index (χ0) is 16.4. The Morgan fingerprint density at radius 1 is 1.26 bits per heavy atom. The lowest BCUT2D eigenvalue weighted by Crippen LogP contribution is -2.33. The van der Waals surface area contributed by atoms with Crippen molar-refractivity contribution in [3.8, 4) is 0 Å². The van der Waals surface area contributed by atoms with E-state index in [0.717, 1.165) is 30.9 Å². The lowest BCUT2D eigenvalue weighted by Gasteiger charge is -2.19. The minimum absolute atomic E-state index is 0.0617. The molecule has 0 saturated carbocycles. The fourth-order valence-corrected chi connectivity index (χ4v) is 3.21. The van der Waals surface area contributed by atoms with Crippen molar-refractivity contribution in [2.24, 2.45) is 0 Å². The molecular weight excluding hydrogens is 288 g/mol. The number of nitrogens with zero attached hydrogens (tertiary/aromatic N) is 3. The second-order valence-electron chi connectivity index (χ2n) is 6.25. The molecule has 1 saturated heterocycles. The molecular formula is C18H22N4O. The Morgan fingerprint density at radius 3 is 2.83 bits per heavy atom. The van der Waals surface area contributed by atoms with Gasteiger partial charge in [0.1, 0.15) is 0 Å². The van der Waals surface area contributed by atoms with Crippen LogP contribution in [0.25, 0.3) is 0 Å². The maximum atomic E-state index is 12.4. The first-order chi connectivity index (χ1) is 11.0. The van der Waals surface area contributed by atoms with E-state index in [0.29, 0.717) is 5.92 Å². The van der Waals surface area contributed by atoms with Gasteiger partial charge in [-0.2, -0.15) is 10.2 Å². The normalized spacial score (nSPS) is 17.3. The Kier molecular flexibility index (Phi) is 4.28. The van der Waals surface area contributed by atoms with Gasteiger partial charge in [-0.25, -0.2) is 4.79 Å². The summed E-state index contributed by atoms with van der Waals surface area (Å²) in [7, 11) is 0. The lowest BCUT2D eigenvalue weighted by atomic mass is 9.93. The quantitative estimate of drug-likeness (QED) is 0.924. The number of amides is 2. The highest BCUT2D eigenvalue weighted by atomic mass is 16.2. The molecule has 5 nitrogen and oxygen atoms in total. The smallest absolute Gasteiger partial charge is 0.321 e. The number of urea groups is 1. The third kappa shape index (κ3) is 3.33. The first-order valence-corrected chi connectivity index (χ1v) is 7.96. The number of carbonyl (C=O) groups excluding carboxylic acids is 1. The van der Waals surface area contributed by atoms with Gasteiger partial charge >= 0.3 is 6.03 Å². The maximum Gasteiger partial charge on any atom is 0.321 e. The third-order valence-corrected chi connectivity index (χ3v) is 4.49. The second kappa shape index (κ2) is 6.36. The number of nitrogens with one attached hydrogen (secondary N) is 1. The predicted molar refractivity (Wildman–Crippen MR) is 90.6 cm³/mol. The molecule has 1 aromatic carbocycles. The van der Waals surface area contributed by atoms with Gasteiger partial charge in [0, 0.05) is 19.0 Å². The van der Waals surface area contributed by atoms with Gasteiger partial charge in [0.05, 0.1) is 17.6 Å². The summed E-state index contributed by atoms with van der Waals surface area (Å²) in [5.74, 6) is 0.415. The van der Waals surface area contributed by atoms with Crippen molar-refractivity contribution < 1.29 is 4.79 Å². The van der Waals surface area contributed by atoms with Crippen LogP contribution in [0.4, 0.5) is 10.5 Å². The third-order valence-electron chi connectivity index (χ3n) is 4.49. The number of rotatable bonds is 2. The molecule has 1 fully saturated rings. The molecule has 0 bridgehead atoms. The standard InChI is InChI=1S/C18H22N4O/c1-12-4-5-16(13(2)10-12)15-7-9-22(11-15)18(23)20-17-6-8-19-21-14(17)3/h4-6,8,10,15H,7,9,11H2,1-3H3,(H,19,20,23). The number of carbonyl (C=O) groups is 1. The van der Waals surface area contributed by atoms with Crippen LogP contribution in [0.1, 0.15) is 34.7 Å². The highest BCUT2D eigenvalue weighted by Crippen LogP contribution is 2.30. The molecule has 5 heteroatoms.